The van der Waals surface area contributed by atoms with Gasteiger partial charge in [-0.1, -0.05) is 39.8 Å². The van der Waals surface area contributed by atoms with Gasteiger partial charge in [0.2, 0.25) is 0 Å². The summed E-state index contributed by atoms with van der Waals surface area (Å²) in [6.07, 6.45) is 0. The van der Waals surface area contributed by atoms with Crippen LogP contribution in [0.4, 0.5) is 0 Å². The Labute approximate surface area is 131 Å². The standard InChI is InChI=1S/C15H15BrN2OS/c1-9-10(2)17-15(18-11(9)3)20-8-14(19)12-4-6-13(16)7-5-12/h4-7H,8H2,1-3H3. The number of nitrogens with zero attached hydrogens (tertiary/aromatic N) is 2. The molecule has 3 nitrogen and oxygen atoms in total. The zero-order valence-corrected chi connectivity index (χ0v) is 14.0. The van der Waals surface area contributed by atoms with Gasteiger partial charge < -0.3 is 0 Å². The predicted molar refractivity (Wildman–Crippen MR) is 85.4 cm³/mol. The number of carbonyl (C=O) groups is 1. The van der Waals surface area contributed by atoms with Crippen LogP contribution in [0.3, 0.4) is 0 Å². The zero-order valence-electron chi connectivity index (χ0n) is 11.6. The van der Waals surface area contributed by atoms with Crippen molar-refractivity contribution >= 4 is 33.5 Å². The molecule has 2 rings (SSSR count). The highest BCUT2D eigenvalue weighted by Crippen LogP contribution is 2.19. The van der Waals surface area contributed by atoms with E-state index in [0.29, 0.717) is 16.5 Å². The van der Waals surface area contributed by atoms with Crippen LogP contribution in [0.2, 0.25) is 0 Å². The topological polar surface area (TPSA) is 42.9 Å². The second kappa shape index (κ2) is 6.50. The molecule has 0 amide bonds. The molecular weight excluding hydrogens is 336 g/mol. The molecule has 0 atom stereocenters. The fourth-order valence-electron chi connectivity index (χ4n) is 1.66. The first-order valence-corrected chi connectivity index (χ1v) is 7.98. The van der Waals surface area contributed by atoms with Gasteiger partial charge in [-0.25, -0.2) is 9.97 Å². The van der Waals surface area contributed by atoms with Gasteiger partial charge in [0.25, 0.3) is 0 Å². The van der Waals surface area contributed by atoms with E-state index >= 15 is 0 Å². The average Bonchev–Trinajstić information content (AvgIpc) is 2.42. The number of ketones is 1. The summed E-state index contributed by atoms with van der Waals surface area (Å²) in [5.41, 5.74) is 3.75. The van der Waals surface area contributed by atoms with Crippen molar-refractivity contribution in [2.24, 2.45) is 0 Å². The van der Waals surface area contributed by atoms with Gasteiger partial charge in [0, 0.05) is 21.4 Å². The molecule has 1 aromatic carbocycles. The molecule has 5 heteroatoms. The van der Waals surface area contributed by atoms with Crippen molar-refractivity contribution in [3.05, 3.63) is 51.3 Å². The van der Waals surface area contributed by atoms with E-state index in [1.54, 1.807) is 0 Å². The van der Waals surface area contributed by atoms with E-state index in [1.165, 1.54) is 11.8 Å². The molecule has 1 aromatic heterocycles. The number of halogens is 1. The minimum atomic E-state index is 0.0852. The quantitative estimate of drug-likeness (QED) is 0.472. The van der Waals surface area contributed by atoms with Crippen molar-refractivity contribution < 1.29 is 4.79 Å². The second-order valence-electron chi connectivity index (χ2n) is 4.52. The lowest BCUT2D eigenvalue weighted by Crippen LogP contribution is -2.04. The van der Waals surface area contributed by atoms with E-state index in [2.05, 4.69) is 25.9 Å². The third kappa shape index (κ3) is 3.67. The van der Waals surface area contributed by atoms with Crippen LogP contribution in [-0.2, 0) is 0 Å². The summed E-state index contributed by atoms with van der Waals surface area (Å²) >= 11 is 4.74. The van der Waals surface area contributed by atoms with Crippen LogP contribution in [0.1, 0.15) is 27.3 Å². The highest BCUT2D eigenvalue weighted by molar-refractivity contribution is 9.10. The minimum absolute atomic E-state index is 0.0852. The Hall–Kier alpha value is -1.20. The molecule has 104 valence electrons. The molecule has 0 bridgehead atoms. The summed E-state index contributed by atoms with van der Waals surface area (Å²) < 4.78 is 0.967. The molecule has 20 heavy (non-hydrogen) atoms. The van der Waals surface area contributed by atoms with Gasteiger partial charge >= 0.3 is 0 Å². The van der Waals surface area contributed by atoms with E-state index in [0.717, 1.165) is 21.4 Å². The number of aromatic nitrogens is 2. The average molecular weight is 351 g/mol. The van der Waals surface area contributed by atoms with Crippen LogP contribution in [0.5, 0.6) is 0 Å². The number of benzene rings is 1. The first-order chi connectivity index (χ1) is 9.47. The normalized spacial score (nSPS) is 10.6. The maximum atomic E-state index is 12.1. The van der Waals surface area contributed by atoms with Gasteiger partial charge in [-0.3, -0.25) is 4.79 Å². The van der Waals surface area contributed by atoms with E-state index in [-0.39, 0.29) is 5.78 Å². The van der Waals surface area contributed by atoms with Crippen LogP contribution >= 0.6 is 27.7 Å². The molecule has 0 aliphatic heterocycles. The number of thioether (sulfide) groups is 1. The summed E-state index contributed by atoms with van der Waals surface area (Å²) in [6.45, 7) is 5.93. The predicted octanol–water partition coefficient (Wildman–Crippen LogP) is 4.14. The lowest BCUT2D eigenvalue weighted by atomic mass is 10.2. The molecule has 0 saturated heterocycles. The smallest absolute Gasteiger partial charge is 0.188 e. The highest BCUT2D eigenvalue weighted by atomic mass is 79.9. The number of hydrogen-bond donors (Lipinski definition) is 0. The van der Waals surface area contributed by atoms with E-state index in [4.69, 9.17) is 0 Å². The Kier molecular flexibility index (Phi) is 4.94. The molecule has 0 fully saturated rings. The SMILES string of the molecule is Cc1nc(SCC(=O)c2ccc(Br)cc2)nc(C)c1C. The van der Waals surface area contributed by atoms with Crippen molar-refractivity contribution in [1.82, 2.24) is 9.97 Å². The molecule has 0 N–H and O–H groups in total. The lowest BCUT2D eigenvalue weighted by molar-refractivity contribution is 0.102. The van der Waals surface area contributed by atoms with Crippen molar-refractivity contribution in [3.63, 3.8) is 0 Å². The number of hydrogen-bond acceptors (Lipinski definition) is 4. The number of aryl methyl sites for hydroxylation is 2. The Morgan fingerprint density at radius 3 is 2.20 bits per heavy atom. The molecule has 0 aliphatic rings. The van der Waals surface area contributed by atoms with Gasteiger partial charge in [-0.2, -0.15) is 0 Å². The van der Waals surface area contributed by atoms with Gasteiger partial charge in [0.15, 0.2) is 10.9 Å². The third-order valence-electron chi connectivity index (χ3n) is 3.11. The van der Waals surface area contributed by atoms with Crippen molar-refractivity contribution in [2.45, 2.75) is 25.9 Å². The first-order valence-electron chi connectivity index (χ1n) is 6.21. The van der Waals surface area contributed by atoms with Crippen LogP contribution in [-0.4, -0.2) is 21.5 Å². The lowest BCUT2D eigenvalue weighted by Gasteiger charge is -2.06. The van der Waals surface area contributed by atoms with Crippen LogP contribution in [0.25, 0.3) is 0 Å². The maximum Gasteiger partial charge on any atom is 0.188 e. The molecule has 0 spiro atoms. The molecule has 2 aromatic rings. The number of Topliss-reactive ketones (excluding diaryl/α,β-unsaturated/α-hetero) is 1. The minimum Gasteiger partial charge on any atom is -0.293 e. The monoisotopic (exact) mass is 350 g/mol. The highest BCUT2D eigenvalue weighted by Gasteiger charge is 2.10. The first kappa shape index (κ1) is 15.2. The zero-order chi connectivity index (χ0) is 14.7. The molecule has 0 aliphatic carbocycles. The molecule has 0 saturated carbocycles. The molecule has 1 heterocycles. The van der Waals surface area contributed by atoms with Crippen LogP contribution in [0.15, 0.2) is 33.9 Å². The van der Waals surface area contributed by atoms with E-state index < -0.39 is 0 Å². The van der Waals surface area contributed by atoms with Gasteiger partial charge in [0.1, 0.15) is 0 Å². The Morgan fingerprint density at radius 2 is 1.65 bits per heavy atom. The number of carbonyl (C=O) groups excluding carboxylic acids is 1. The van der Waals surface area contributed by atoms with Gasteiger partial charge in [-0.15, -0.1) is 0 Å². The van der Waals surface area contributed by atoms with Gasteiger partial charge in [-0.05, 0) is 38.5 Å². The summed E-state index contributed by atoms with van der Waals surface area (Å²) in [5, 5.41) is 0.663. The van der Waals surface area contributed by atoms with Crippen LogP contribution in [0, 0.1) is 20.8 Å². The Morgan fingerprint density at radius 1 is 1.10 bits per heavy atom. The summed E-state index contributed by atoms with van der Waals surface area (Å²) in [5.74, 6) is 0.436. The Balaban J connectivity index is 2.05. The summed E-state index contributed by atoms with van der Waals surface area (Å²) in [7, 11) is 0. The molecule has 0 radical (unpaired) electrons. The fourth-order valence-corrected chi connectivity index (χ4v) is 2.75. The second-order valence-corrected chi connectivity index (χ2v) is 6.38. The van der Waals surface area contributed by atoms with Gasteiger partial charge in [0.05, 0.1) is 5.75 Å². The summed E-state index contributed by atoms with van der Waals surface area (Å²) in [6, 6.07) is 7.38. The van der Waals surface area contributed by atoms with Crippen molar-refractivity contribution in [3.8, 4) is 0 Å². The maximum absolute atomic E-state index is 12.1. The molecule has 0 unspecified atom stereocenters. The molecular formula is C15H15BrN2OS. The van der Waals surface area contributed by atoms with Crippen LogP contribution < -0.4 is 0 Å². The fraction of sp³-hybridized carbons (Fsp3) is 0.267. The van der Waals surface area contributed by atoms with E-state index in [9.17, 15) is 4.79 Å². The van der Waals surface area contributed by atoms with Crippen molar-refractivity contribution in [2.75, 3.05) is 5.75 Å². The Bertz CT molecular complexity index is 618. The number of rotatable bonds is 4. The third-order valence-corrected chi connectivity index (χ3v) is 4.49. The van der Waals surface area contributed by atoms with E-state index in [1.807, 2.05) is 45.0 Å². The summed E-state index contributed by atoms with van der Waals surface area (Å²) in [4.78, 5) is 20.9. The van der Waals surface area contributed by atoms with Crippen molar-refractivity contribution in [1.29, 1.82) is 0 Å². The largest absolute Gasteiger partial charge is 0.293 e.